The van der Waals surface area contributed by atoms with Crippen LogP contribution in [0.15, 0.2) is 35.6 Å². The average Bonchev–Trinajstić information content (AvgIpc) is 3.05. The molecule has 0 saturated carbocycles. The molecule has 1 unspecified atom stereocenters. The molecule has 1 heterocycles. The Morgan fingerprint density at radius 1 is 1.27 bits per heavy atom. The fourth-order valence-corrected chi connectivity index (χ4v) is 2.57. The van der Waals surface area contributed by atoms with E-state index in [0.29, 0.717) is 6.54 Å². The molecular formula is C18H29N7O. The molecule has 0 radical (unpaired) electrons. The van der Waals surface area contributed by atoms with Crippen molar-refractivity contribution in [1.29, 1.82) is 0 Å². The maximum atomic E-state index is 5.25. The maximum Gasteiger partial charge on any atom is 0.191 e. The minimum atomic E-state index is 0.208. The average molecular weight is 359 g/mol. The molecule has 0 aliphatic carbocycles. The monoisotopic (exact) mass is 359 g/mol. The highest BCUT2D eigenvalue weighted by Crippen LogP contribution is 2.20. The Balaban J connectivity index is 2.04. The first-order chi connectivity index (χ1) is 12.5. The number of benzene rings is 1. The van der Waals surface area contributed by atoms with E-state index in [0.717, 1.165) is 30.6 Å². The Bertz CT molecular complexity index is 694. The number of hydrogen-bond donors (Lipinski definition) is 2. The van der Waals surface area contributed by atoms with Gasteiger partial charge in [0.2, 0.25) is 0 Å². The third kappa shape index (κ3) is 5.45. The topological polar surface area (TPSA) is 79.6 Å². The first kappa shape index (κ1) is 19.7. The fraction of sp³-hybridized carbons (Fsp3) is 0.500. The van der Waals surface area contributed by atoms with Gasteiger partial charge < -0.3 is 20.3 Å². The second kappa shape index (κ2) is 9.76. The third-order valence-electron chi connectivity index (χ3n) is 4.11. The van der Waals surface area contributed by atoms with E-state index in [4.69, 9.17) is 4.74 Å². The van der Waals surface area contributed by atoms with Crippen molar-refractivity contribution in [3.8, 4) is 5.75 Å². The maximum absolute atomic E-state index is 5.25. The first-order valence-corrected chi connectivity index (χ1v) is 8.70. The summed E-state index contributed by atoms with van der Waals surface area (Å²) in [6.07, 6.45) is 1.54. The van der Waals surface area contributed by atoms with Gasteiger partial charge in [0.25, 0.3) is 0 Å². The van der Waals surface area contributed by atoms with Crippen LogP contribution in [0.1, 0.15) is 24.4 Å². The van der Waals surface area contributed by atoms with Gasteiger partial charge in [0, 0.05) is 20.1 Å². The highest BCUT2D eigenvalue weighted by atomic mass is 16.5. The van der Waals surface area contributed by atoms with E-state index in [1.165, 1.54) is 11.9 Å². The molecule has 0 aliphatic rings. The SMILES string of the molecule is CCNC(=NCc1ncnn1C)NCC(c1ccc(OC)cc1)N(C)C. The molecule has 142 valence electrons. The zero-order valence-electron chi connectivity index (χ0n) is 16.2. The second-order valence-corrected chi connectivity index (χ2v) is 6.13. The zero-order valence-corrected chi connectivity index (χ0v) is 16.2. The molecule has 0 aliphatic heterocycles. The molecule has 8 nitrogen and oxygen atoms in total. The molecule has 0 spiro atoms. The van der Waals surface area contributed by atoms with Crippen LogP contribution in [-0.2, 0) is 13.6 Å². The van der Waals surface area contributed by atoms with Crippen molar-refractivity contribution in [2.75, 3.05) is 34.3 Å². The summed E-state index contributed by atoms with van der Waals surface area (Å²) >= 11 is 0. The molecule has 2 aromatic rings. The van der Waals surface area contributed by atoms with Gasteiger partial charge in [0.1, 0.15) is 24.4 Å². The molecule has 8 heteroatoms. The predicted molar refractivity (Wildman–Crippen MR) is 103 cm³/mol. The van der Waals surface area contributed by atoms with E-state index in [1.807, 2.05) is 26.1 Å². The minimum absolute atomic E-state index is 0.208. The normalized spacial score (nSPS) is 12.9. The predicted octanol–water partition coefficient (Wildman–Crippen LogP) is 1.18. The lowest BCUT2D eigenvalue weighted by molar-refractivity contribution is 0.298. The van der Waals surface area contributed by atoms with Crippen LogP contribution in [-0.4, -0.2) is 59.9 Å². The summed E-state index contributed by atoms with van der Waals surface area (Å²) in [5, 5.41) is 10.8. The fourth-order valence-electron chi connectivity index (χ4n) is 2.57. The Labute approximate surface area is 155 Å². The molecule has 0 amide bonds. The quantitative estimate of drug-likeness (QED) is 0.544. The van der Waals surface area contributed by atoms with Gasteiger partial charge in [-0.3, -0.25) is 4.68 Å². The van der Waals surface area contributed by atoms with E-state index in [1.54, 1.807) is 11.8 Å². The summed E-state index contributed by atoms with van der Waals surface area (Å²) in [5.74, 6) is 2.44. The molecule has 26 heavy (non-hydrogen) atoms. The Morgan fingerprint density at radius 2 is 2.00 bits per heavy atom. The van der Waals surface area contributed by atoms with Crippen LogP contribution in [0.4, 0.5) is 0 Å². The minimum Gasteiger partial charge on any atom is -0.497 e. The lowest BCUT2D eigenvalue weighted by Crippen LogP contribution is -2.41. The molecule has 1 atom stereocenters. The van der Waals surface area contributed by atoms with Crippen molar-refractivity contribution < 1.29 is 4.74 Å². The van der Waals surface area contributed by atoms with Crippen LogP contribution < -0.4 is 15.4 Å². The number of aromatic nitrogens is 3. The van der Waals surface area contributed by atoms with Crippen molar-refractivity contribution in [1.82, 2.24) is 30.3 Å². The van der Waals surface area contributed by atoms with Crippen LogP contribution in [0, 0.1) is 0 Å². The number of guanidine groups is 1. The third-order valence-corrected chi connectivity index (χ3v) is 4.11. The van der Waals surface area contributed by atoms with Gasteiger partial charge in [-0.15, -0.1) is 0 Å². The van der Waals surface area contributed by atoms with Gasteiger partial charge in [-0.1, -0.05) is 12.1 Å². The number of aliphatic imine (C=N–C) groups is 1. The smallest absolute Gasteiger partial charge is 0.191 e. The molecule has 2 rings (SSSR count). The van der Waals surface area contributed by atoms with Crippen molar-refractivity contribution >= 4 is 5.96 Å². The van der Waals surface area contributed by atoms with Crippen molar-refractivity contribution in [2.45, 2.75) is 19.5 Å². The first-order valence-electron chi connectivity index (χ1n) is 8.70. The van der Waals surface area contributed by atoms with Crippen molar-refractivity contribution in [2.24, 2.45) is 12.0 Å². The van der Waals surface area contributed by atoms with Gasteiger partial charge in [-0.05, 0) is 38.7 Å². The molecular weight excluding hydrogens is 330 g/mol. The lowest BCUT2D eigenvalue weighted by Gasteiger charge is -2.26. The number of ether oxygens (including phenoxy) is 1. The van der Waals surface area contributed by atoms with Crippen molar-refractivity contribution in [3.05, 3.63) is 42.0 Å². The van der Waals surface area contributed by atoms with Gasteiger partial charge >= 0.3 is 0 Å². The Kier molecular flexibility index (Phi) is 7.40. The standard InChI is InChI=1S/C18H29N7O/c1-6-19-18(21-12-17-22-13-23-25(17)4)20-11-16(24(2)3)14-7-9-15(26-5)10-8-14/h7-10,13,16H,6,11-12H2,1-5H3,(H2,19,20,21). The summed E-state index contributed by atoms with van der Waals surface area (Å²) in [6.45, 7) is 4.04. The zero-order chi connectivity index (χ0) is 18.9. The van der Waals surface area contributed by atoms with Crippen LogP contribution in [0.5, 0.6) is 5.75 Å². The molecule has 0 fully saturated rings. The summed E-state index contributed by atoms with van der Waals surface area (Å²) in [4.78, 5) is 11.0. The van der Waals surface area contributed by atoms with E-state index in [2.05, 4.69) is 56.8 Å². The molecule has 0 saturated heterocycles. The second-order valence-electron chi connectivity index (χ2n) is 6.13. The van der Waals surface area contributed by atoms with Crippen LogP contribution in [0.3, 0.4) is 0 Å². The highest BCUT2D eigenvalue weighted by Gasteiger charge is 2.15. The summed E-state index contributed by atoms with van der Waals surface area (Å²) < 4.78 is 6.97. The number of methoxy groups -OCH3 is 1. The van der Waals surface area contributed by atoms with E-state index in [9.17, 15) is 0 Å². The number of likely N-dealkylation sites (N-methyl/N-ethyl adjacent to an activating group) is 1. The molecule has 1 aromatic heterocycles. The van der Waals surface area contributed by atoms with Crippen LogP contribution >= 0.6 is 0 Å². The number of hydrogen-bond acceptors (Lipinski definition) is 5. The summed E-state index contributed by atoms with van der Waals surface area (Å²) in [5.41, 5.74) is 1.22. The van der Waals surface area contributed by atoms with Crippen molar-refractivity contribution in [3.63, 3.8) is 0 Å². The van der Waals surface area contributed by atoms with Crippen LogP contribution in [0.25, 0.3) is 0 Å². The van der Waals surface area contributed by atoms with E-state index >= 15 is 0 Å². The lowest BCUT2D eigenvalue weighted by atomic mass is 10.1. The number of aryl methyl sites for hydroxylation is 1. The van der Waals surface area contributed by atoms with E-state index < -0.39 is 0 Å². The Hall–Kier alpha value is -2.61. The highest BCUT2D eigenvalue weighted by molar-refractivity contribution is 5.79. The summed E-state index contributed by atoms with van der Waals surface area (Å²) in [6, 6.07) is 8.36. The molecule has 0 bridgehead atoms. The van der Waals surface area contributed by atoms with Gasteiger partial charge in [-0.2, -0.15) is 5.10 Å². The molecule has 2 N–H and O–H groups in total. The van der Waals surface area contributed by atoms with E-state index in [-0.39, 0.29) is 6.04 Å². The Morgan fingerprint density at radius 3 is 2.54 bits per heavy atom. The van der Waals surface area contributed by atoms with Crippen LogP contribution in [0.2, 0.25) is 0 Å². The van der Waals surface area contributed by atoms with Gasteiger partial charge in [0.05, 0.1) is 13.2 Å². The van der Waals surface area contributed by atoms with Gasteiger partial charge in [0.15, 0.2) is 5.96 Å². The summed E-state index contributed by atoms with van der Waals surface area (Å²) in [7, 11) is 7.68. The largest absolute Gasteiger partial charge is 0.497 e. The number of nitrogens with zero attached hydrogens (tertiary/aromatic N) is 5. The number of rotatable bonds is 8. The number of nitrogens with one attached hydrogen (secondary N) is 2. The van der Waals surface area contributed by atoms with Gasteiger partial charge in [-0.25, -0.2) is 9.98 Å². The molecule has 1 aromatic carbocycles.